The van der Waals surface area contributed by atoms with Gasteiger partial charge in [-0.05, 0) is 57.0 Å². The van der Waals surface area contributed by atoms with Crippen LogP contribution in [0.4, 0.5) is 0 Å². The SMILES string of the molecule is CCOC(=O)C(C)(C)Oc1ccc(CNCc2ccco2)cc1C. The van der Waals surface area contributed by atoms with Crippen LogP contribution in [0, 0.1) is 6.92 Å². The standard InChI is InChI=1S/C19H25NO4/c1-5-22-18(21)19(3,4)24-17-9-8-15(11-14(17)2)12-20-13-16-7-6-10-23-16/h6-11,20H,5,12-13H2,1-4H3. The van der Waals surface area contributed by atoms with Crippen LogP contribution in [0.1, 0.15) is 37.7 Å². The number of esters is 1. The van der Waals surface area contributed by atoms with Gasteiger partial charge in [0.15, 0.2) is 5.60 Å². The Morgan fingerprint density at radius 2 is 2.04 bits per heavy atom. The molecular weight excluding hydrogens is 306 g/mol. The van der Waals surface area contributed by atoms with Crippen LogP contribution in [0.5, 0.6) is 5.75 Å². The Labute approximate surface area is 143 Å². The fourth-order valence-corrected chi connectivity index (χ4v) is 2.30. The van der Waals surface area contributed by atoms with Gasteiger partial charge in [0.1, 0.15) is 11.5 Å². The highest BCUT2D eigenvalue weighted by Crippen LogP contribution is 2.24. The van der Waals surface area contributed by atoms with Gasteiger partial charge in [-0.25, -0.2) is 4.79 Å². The lowest BCUT2D eigenvalue weighted by molar-refractivity contribution is -0.158. The summed E-state index contributed by atoms with van der Waals surface area (Å²) in [6.07, 6.45) is 1.67. The monoisotopic (exact) mass is 331 g/mol. The Kier molecular flexibility index (Phi) is 6.04. The summed E-state index contributed by atoms with van der Waals surface area (Å²) in [5.41, 5.74) is 1.10. The molecule has 0 radical (unpaired) electrons. The number of carbonyl (C=O) groups is 1. The quantitative estimate of drug-likeness (QED) is 0.749. The number of hydrogen-bond donors (Lipinski definition) is 1. The third-order valence-electron chi connectivity index (χ3n) is 3.58. The maximum atomic E-state index is 11.9. The zero-order valence-electron chi connectivity index (χ0n) is 14.7. The van der Waals surface area contributed by atoms with Crippen LogP contribution in [-0.2, 0) is 22.6 Å². The van der Waals surface area contributed by atoms with Gasteiger partial charge >= 0.3 is 5.97 Å². The first-order valence-corrected chi connectivity index (χ1v) is 8.11. The molecule has 0 bridgehead atoms. The molecule has 0 saturated heterocycles. The third kappa shape index (κ3) is 4.86. The summed E-state index contributed by atoms with van der Waals surface area (Å²) < 4.78 is 16.2. The van der Waals surface area contributed by atoms with E-state index in [0.29, 0.717) is 18.9 Å². The molecule has 24 heavy (non-hydrogen) atoms. The van der Waals surface area contributed by atoms with Gasteiger partial charge in [-0.1, -0.05) is 12.1 Å². The van der Waals surface area contributed by atoms with Gasteiger partial charge in [0.2, 0.25) is 0 Å². The summed E-state index contributed by atoms with van der Waals surface area (Å²) in [4.78, 5) is 11.9. The van der Waals surface area contributed by atoms with Crippen LogP contribution in [0.3, 0.4) is 0 Å². The molecule has 2 aromatic rings. The van der Waals surface area contributed by atoms with Crippen LogP contribution < -0.4 is 10.1 Å². The van der Waals surface area contributed by atoms with Crippen LogP contribution in [0.2, 0.25) is 0 Å². The van der Waals surface area contributed by atoms with Gasteiger partial charge in [-0.3, -0.25) is 0 Å². The van der Waals surface area contributed by atoms with Gasteiger partial charge in [0.05, 0.1) is 19.4 Å². The fourth-order valence-electron chi connectivity index (χ4n) is 2.30. The predicted molar refractivity (Wildman–Crippen MR) is 91.8 cm³/mol. The molecular formula is C19H25NO4. The molecule has 1 aromatic carbocycles. The normalized spacial score (nSPS) is 11.3. The topological polar surface area (TPSA) is 60.7 Å². The summed E-state index contributed by atoms with van der Waals surface area (Å²) in [6.45, 7) is 8.91. The zero-order chi connectivity index (χ0) is 17.6. The van der Waals surface area contributed by atoms with Crippen molar-refractivity contribution in [1.82, 2.24) is 5.32 Å². The lowest BCUT2D eigenvalue weighted by Crippen LogP contribution is -2.39. The largest absolute Gasteiger partial charge is 0.476 e. The molecule has 2 rings (SSSR count). The molecule has 1 aromatic heterocycles. The minimum Gasteiger partial charge on any atom is -0.476 e. The Balaban J connectivity index is 1.95. The first-order valence-electron chi connectivity index (χ1n) is 8.11. The number of benzene rings is 1. The summed E-state index contributed by atoms with van der Waals surface area (Å²) in [5.74, 6) is 1.22. The zero-order valence-corrected chi connectivity index (χ0v) is 14.7. The number of carbonyl (C=O) groups excluding carboxylic acids is 1. The van der Waals surface area contributed by atoms with E-state index in [1.807, 2.05) is 37.3 Å². The number of aryl methyl sites for hydroxylation is 1. The molecule has 0 spiro atoms. The molecule has 0 atom stereocenters. The van der Waals surface area contributed by atoms with Crippen molar-refractivity contribution in [1.29, 1.82) is 0 Å². The van der Waals surface area contributed by atoms with E-state index in [1.165, 1.54) is 0 Å². The second-order valence-corrected chi connectivity index (χ2v) is 6.12. The minimum atomic E-state index is -1.01. The van der Waals surface area contributed by atoms with Crippen molar-refractivity contribution >= 4 is 5.97 Å². The van der Waals surface area contributed by atoms with Crippen molar-refractivity contribution in [3.8, 4) is 5.75 Å². The number of rotatable bonds is 8. The molecule has 0 saturated carbocycles. The van der Waals surface area contributed by atoms with Gasteiger partial charge in [-0.15, -0.1) is 0 Å². The number of hydrogen-bond acceptors (Lipinski definition) is 5. The molecule has 0 fully saturated rings. The summed E-state index contributed by atoms with van der Waals surface area (Å²) >= 11 is 0. The van der Waals surface area contributed by atoms with Crippen molar-refractivity contribution in [2.24, 2.45) is 0 Å². The third-order valence-corrected chi connectivity index (χ3v) is 3.58. The average molecular weight is 331 g/mol. The van der Waals surface area contributed by atoms with Crippen molar-refractivity contribution in [2.75, 3.05) is 6.61 Å². The minimum absolute atomic E-state index is 0.338. The Morgan fingerprint density at radius 1 is 1.25 bits per heavy atom. The van der Waals surface area contributed by atoms with E-state index in [2.05, 4.69) is 5.32 Å². The first kappa shape index (κ1) is 18.1. The highest BCUT2D eigenvalue weighted by atomic mass is 16.6. The van der Waals surface area contributed by atoms with E-state index in [9.17, 15) is 4.79 Å². The van der Waals surface area contributed by atoms with E-state index in [1.54, 1.807) is 27.0 Å². The van der Waals surface area contributed by atoms with Crippen molar-refractivity contribution in [2.45, 2.75) is 46.4 Å². The molecule has 130 valence electrons. The highest BCUT2D eigenvalue weighted by Gasteiger charge is 2.32. The number of furan rings is 1. The first-order chi connectivity index (χ1) is 11.4. The molecule has 0 aliphatic rings. The van der Waals surface area contributed by atoms with Gasteiger partial charge < -0.3 is 19.2 Å². The van der Waals surface area contributed by atoms with Gasteiger partial charge in [-0.2, -0.15) is 0 Å². The van der Waals surface area contributed by atoms with E-state index >= 15 is 0 Å². The maximum absolute atomic E-state index is 11.9. The average Bonchev–Trinajstić information content (AvgIpc) is 3.03. The highest BCUT2D eigenvalue weighted by molar-refractivity contribution is 5.79. The lowest BCUT2D eigenvalue weighted by Gasteiger charge is -2.25. The van der Waals surface area contributed by atoms with E-state index in [-0.39, 0.29) is 5.97 Å². The number of nitrogens with one attached hydrogen (secondary N) is 1. The van der Waals surface area contributed by atoms with Gasteiger partial charge in [0, 0.05) is 6.54 Å². The molecule has 1 heterocycles. The smallest absolute Gasteiger partial charge is 0.349 e. The van der Waals surface area contributed by atoms with Crippen molar-refractivity contribution in [3.05, 3.63) is 53.5 Å². The Hall–Kier alpha value is -2.27. The van der Waals surface area contributed by atoms with Gasteiger partial charge in [0.25, 0.3) is 0 Å². The maximum Gasteiger partial charge on any atom is 0.349 e. The van der Waals surface area contributed by atoms with Crippen molar-refractivity contribution in [3.63, 3.8) is 0 Å². The molecule has 5 heteroatoms. The summed E-state index contributed by atoms with van der Waals surface area (Å²) in [5, 5.41) is 3.33. The lowest BCUT2D eigenvalue weighted by atomic mass is 10.1. The molecule has 0 aliphatic carbocycles. The van der Waals surface area contributed by atoms with Crippen LogP contribution in [0.15, 0.2) is 41.0 Å². The predicted octanol–water partition coefficient (Wildman–Crippen LogP) is 3.60. The molecule has 0 aliphatic heterocycles. The Morgan fingerprint density at radius 3 is 2.67 bits per heavy atom. The van der Waals surface area contributed by atoms with Crippen molar-refractivity contribution < 1.29 is 18.7 Å². The van der Waals surface area contributed by atoms with E-state index in [0.717, 1.165) is 23.4 Å². The van der Waals surface area contributed by atoms with Crippen LogP contribution in [-0.4, -0.2) is 18.2 Å². The summed E-state index contributed by atoms with van der Waals surface area (Å²) in [7, 11) is 0. The molecule has 0 amide bonds. The molecule has 0 unspecified atom stereocenters. The molecule has 1 N–H and O–H groups in total. The van der Waals surface area contributed by atoms with Crippen LogP contribution in [0.25, 0.3) is 0 Å². The summed E-state index contributed by atoms with van der Waals surface area (Å²) in [6, 6.07) is 9.73. The second kappa shape index (κ2) is 8.02. The van der Waals surface area contributed by atoms with Crippen LogP contribution >= 0.6 is 0 Å². The Bertz CT molecular complexity index is 662. The second-order valence-electron chi connectivity index (χ2n) is 6.12. The molecule has 5 nitrogen and oxygen atoms in total. The fraction of sp³-hybridized carbons (Fsp3) is 0.421. The van der Waals surface area contributed by atoms with E-state index in [4.69, 9.17) is 13.9 Å². The van der Waals surface area contributed by atoms with E-state index < -0.39 is 5.60 Å². The number of ether oxygens (including phenoxy) is 2.